The number of carboxylic acids is 5. The molecule has 2 unspecified atom stereocenters. The molecule has 2 atom stereocenters. The van der Waals surface area contributed by atoms with Crippen LogP contribution in [-0.4, -0.2) is 123 Å². The van der Waals surface area contributed by atoms with Gasteiger partial charge in [0.1, 0.15) is 24.4 Å². The quantitative estimate of drug-likeness (QED) is 0.0330. The van der Waals surface area contributed by atoms with Crippen molar-refractivity contribution in [3.8, 4) is 5.75 Å². The van der Waals surface area contributed by atoms with Gasteiger partial charge in [0, 0.05) is 0 Å². The molecule has 0 aliphatic carbocycles. The number of fused-ring (bicyclic) bond motifs is 3. The van der Waals surface area contributed by atoms with Gasteiger partial charge in [-0.25, -0.2) is 24.4 Å². The van der Waals surface area contributed by atoms with E-state index in [9.17, 15) is 57.8 Å². The second-order valence-corrected chi connectivity index (χ2v) is 21.5. The lowest BCUT2D eigenvalue weighted by Crippen LogP contribution is -2.34. The molecule has 88 heavy (non-hydrogen) atoms. The molecule has 0 radical (unpaired) electrons. The minimum absolute atomic E-state index is 0.00782. The fourth-order valence-corrected chi connectivity index (χ4v) is 10.2. The van der Waals surface area contributed by atoms with Crippen molar-refractivity contribution in [3.63, 3.8) is 0 Å². The molecule has 4 heterocycles. The molecule has 456 valence electrons. The van der Waals surface area contributed by atoms with E-state index >= 15 is 0 Å². The molecule has 10 rings (SSSR count). The third-order valence-electron chi connectivity index (χ3n) is 12.1. The Morgan fingerprint density at radius 2 is 0.989 bits per heavy atom. The van der Waals surface area contributed by atoms with Gasteiger partial charge in [-0.1, -0.05) is 146 Å². The second-order valence-electron chi connectivity index (χ2n) is 17.6. The summed E-state index contributed by atoms with van der Waals surface area (Å²) in [5, 5.41) is 51.7. The highest BCUT2D eigenvalue weighted by molar-refractivity contribution is 6.57. The Bertz CT molecular complexity index is 3960. The number of phenolic OH excluding ortho intramolecular Hbond substituents is 1. The highest BCUT2D eigenvalue weighted by atomic mass is 35.5. The summed E-state index contributed by atoms with van der Waals surface area (Å²) in [5.74, 6) is -10.2. The largest absolute Gasteiger partial charge is 0.508 e. The zero-order chi connectivity index (χ0) is 65.7. The standard InChI is InChI=1S/C15H5Cl4NO4.C15H7Cl2NO4.C10H3Cl4NO4.C9H11NO3.C5H7N3O2/c16-9-7-8(10(17)12(19)11(9)18)14(22)20(13(7)21)6-3-1-2-5(4-6)15(23)24;16-10-5-8-9(6-11(10)17)14(20)18(13(8)19)12-4-2-1-3-7(12)15(21)22;11-5-3-4(6(12)8(14)7(5)13)10(19)15(9(3)18)1-2(16)17;10-8(9(12)13)5-6-1-3-7(11)4-2-6;6-4(5(9)10)3-1-7-2-8-3/h1-4H,(H,23,24);1-6H,(H,21,22);1H2,(H,16,17);1-4,8,11H,5,10H2,(H,12,13);1-2,4H,6H2,(H,7,8)(H,9,10). The van der Waals surface area contributed by atoms with Gasteiger partial charge in [-0.2, -0.15) is 0 Å². The maximum absolute atomic E-state index is 12.6. The van der Waals surface area contributed by atoms with E-state index in [1.165, 1.54) is 79.3 Å². The summed E-state index contributed by atoms with van der Waals surface area (Å²) >= 11 is 59.0. The number of carbonyl (C=O) groups is 11. The van der Waals surface area contributed by atoms with Crippen molar-refractivity contribution in [1.82, 2.24) is 14.9 Å². The van der Waals surface area contributed by atoms with Crippen molar-refractivity contribution < 1.29 is 83.4 Å². The van der Waals surface area contributed by atoms with Gasteiger partial charge in [0.05, 0.1) is 124 Å². The monoisotopic (exact) mass is 1400 g/mol. The van der Waals surface area contributed by atoms with Crippen molar-refractivity contribution in [1.29, 1.82) is 0 Å². The molecule has 6 amide bonds. The molecule has 0 saturated carbocycles. The summed E-state index contributed by atoms with van der Waals surface area (Å²) in [6.07, 6.45) is 3.05. The number of H-pyrrole nitrogens is 1. The summed E-state index contributed by atoms with van der Waals surface area (Å²) in [4.78, 5) is 136. The van der Waals surface area contributed by atoms with Crippen LogP contribution in [0.4, 0.5) is 11.4 Å². The number of anilines is 2. The average Bonchev–Trinajstić information content (AvgIpc) is 1.62. The number of imide groups is 3. The summed E-state index contributed by atoms with van der Waals surface area (Å²) in [7, 11) is 0. The topological polar surface area (TPSA) is 400 Å². The SMILES string of the molecule is NC(C(=O)O)c1cnc[nH]1.NC(Cc1ccc(O)cc1)C(=O)O.O=C(O)CN1C(=O)c2c(Cl)c(Cl)c(Cl)c(Cl)c2C1=O.O=C(O)c1cccc(N2C(=O)c3c(Cl)c(Cl)c(Cl)c(Cl)c3C2=O)c1.O=C(O)c1ccccc1N1C(=O)c2cc(Cl)c(Cl)cc2C1=O. The van der Waals surface area contributed by atoms with Crippen molar-refractivity contribution in [3.05, 3.63) is 203 Å². The summed E-state index contributed by atoms with van der Waals surface area (Å²) in [6, 6.07) is 18.2. The number of hydrogen-bond donors (Lipinski definition) is 9. The van der Waals surface area contributed by atoms with E-state index in [0.29, 0.717) is 10.6 Å². The highest BCUT2D eigenvalue weighted by Crippen LogP contribution is 2.47. The predicted octanol–water partition coefficient (Wildman–Crippen LogP) is 11.1. The van der Waals surface area contributed by atoms with Gasteiger partial charge in [-0.3, -0.25) is 48.1 Å². The first-order valence-corrected chi connectivity index (χ1v) is 27.5. The van der Waals surface area contributed by atoms with Gasteiger partial charge in [-0.15, -0.1) is 0 Å². The number of aromatic hydroxyl groups is 1. The number of aromatic amines is 1. The van der Waals surface area contributed by atoms with Crippen LogP contribution >= 0.6 is 116 Å². The summed E-state index contributed by atoms with van der Waals surface area (Å²) in [5.41, 5.74) is 11.0. The van der Waals surface area contributed by atoms with Crippen LogP contribution < -0.4 is 21.3 Å². The van der Waals surface area contributed by atoms with Crippen molar-refractivity contribution in [2.45, 2.75) is 18.5 Å². The summed E-state index contributed by atoms with van der Waals surface area (Å²) in [6.45, 7) is -0.797. The van der Waals surface area contributed by atoms with Crippen LogP contribution in [0, 0.1) is 0 Å². The van der Waals surface area contributed by atoms with Gasteiger partial charge in [-0.05, 0) is 66.6 Å². The Labute approximate surface area is 542 Å². The number of nitrogens with one attached hydrogen (secondary N) is 1. The molecular weight excluding hydrogens is 1370 g/mol. The molecule has 24 nitrogen and oxygen atoms in total. The van der Waals surface area contributed by atoms with Crippen molar-refractivity contribution >= 4 is 193 Å². The molecule has 1 aromatic heterocycles. The van der Waals surface area contributed by atoms with Gasteiger partial charge in [0.2, 0.25) is 0 Å². The number of imidazole rings is 1. The highest BCUT2D eigenvalue weighted by Gasteiger charge is 2.44. The number of nitrogens with two attached hydrogens (primary N) is 2. The second kappa shape index (κ2) is 28.8. The number of carboxylic acid groups (broad SMARTS) is 5. The number of aliphatic carboxylic acids is 3. The lowest BCUT2D eigenvalue weighted by Gasteiger charge is -2.16. The van der Waals surface area contributed by atoms with Crippen molar-refractivity contribution in [2.24, 2.45) is 11.5 Å². The molecule has 0 spiro atoms. The zero-order valence-electron chi connectivity index (χ0n) is 43.2. The Morgan fingerprint density at radius 3 is 1.40 bits per heavy atom. The van der Waals surface area contributed by atoms with E-state index in [4.69, 9.17) is 153 Å². The number of benzene rings is 6. The average molecular weight is 1410 g/mol. The lowest BCUT2D eigenvalue weighted by molar-refractivity contribution is -0.139. The van der Waals surface area contributed by atoms with Crippen LogP contribution in [0.1, 0.15) is 100 Å². The molecule has 11 N–H and O–H groups in total. The summed E-state index contributed by atoms with van der Waals surface area (Å²) < 4.78 is 0. The smallest absolute Gasteiger partial charge is 0.337 e. The van der Waals surface area contributed by atoms with E-state index in [1.807, 2.05) is 0 Å². The lowest BCUT2D eigenvalue weighted by atomic mass is 10.1. The van der Waals surface area contributed by atoms with Gasteiger partial charge < -0.3 is 47.1 Å². The number of aromatic nitrogens is 2. The Balaban J connectivity index is 0.000000181. The van der Waals surface area contributed by atoms with Gasteiger partial charge in [0.25, 0.3) is 35.4 Å². The third kappa shape index (κ3) is 14.6. The molecule has 0 fully saturated rings. The van der Waals surface area contributed by atoms with E-state index in [0.717, 1.165) is 15.4 Å². The number of halogens is 10. The number of nitrogens with zero attached hydrogens (tertiary/aromatic N) is 4. The third-order valence-corrected chi connectivity index (χ3v) is 16.4. The minimum atomic E-state index is -1.35. The Hall–Kier alpha value is -8.08. The number of aromatic carboxylic acids is 2. The van der Waals surface area contributed by atoms with Gasteiger partial charge in [0.15, 0.2) is 0 Å². The van der Waals surface area contributed by atoms with Gasteiger partial charge >= 0.3 is 29.8 Å². The predicted molar refractivity (Wildman–Crippen MR) is 322 cm³/mol. The molecule has 0 bridgehead atoms. The number of phenols is 1. The Kier molecular flexibility index (Phi) is 22.6. The van der Waals surface area contributed by atoms with Crippen LogP contribution in [0.25, 0.3) is 0 Å². The first-order chi connectivity index (χ1) is 41.2. The van der Waals surface area contributed by atoms with E-state index in [1.54, 1.807) is 18.2 Å². The number of amides is 6. The molecule has 34 heteroatoms. The minimum Gasteiger partial charge on any atom is -0.508 e. The first-order valence-electron chi connectivity index (χ1n) is 23.7. The fraction of sp³-hybridized carbons (Fsp3) is 0.0741. The zero-order valence-corrected chi connectivity index (χ0v) is 50.8. The first kappa shape index (κ1) is 69.0. The molecular formula is C54H33Cl10N7O17. The van der Waals surface area contributed by atoms with E-state index in [-0.39, 0.29) is 118 Å². The van der Waals surface area contributed by atoms with Crippen LogP contribution in [0.15, 0.2) is 97.5 Å². The van der Waals surface area contributed by atoms with E-state index in [2.05, 4.69) is 9.97 Å². The maximum atomic E-state index is 12.6. The van der Waals surface area contributed by atoms with Crippen molar-refractivity contribution in [2.75, 3.05) is 16.3 Å². The van der Waals surface area contributed by atoms with Crippen LogP contribution in [0.5, 0.6) is 5.75 Å². The molecule has 0 saturated heterocycles. The normalized spacial score (nSPS) is 13.3. The molecule has 3 aliphatic rings. The number of hydrogen-bond acceptors (Lipinski definition) is 15. The number of rotatable bonds is 11. The van der Waals surface area contributed by atoms with Crippen LogP contribution in [0.2, 0.25) is 50.2 Å². The Morgan fingerprint density at radius 1 is 0.523 bits per heavy atom. The van der Waals surface area contributed by atoms with Crippen LogP contribution in [0.3, 0.4) is 0 Å². The molecule has 7 aromatic rings. The number of carbonyl (C=O) groups excluding carboxylic acids is 6. The number of para-hydroxylation sites is 1. The maximum Gasteiger partial charge on any atom is 0.337 e. The fourth-order valence-electron chi connectivity index (χ4n) is 7.88. The molecule has 6 aromatic carbocycles. The van der Waals surface area contributed by atoms with E-state index < -0.39 is 83.9 Å². The van der Waals surface area contributed by atoms with Crippen LogP contribution in [-0.2, 0) is 20.8 Å². The molecule has 3 aliphatic heterocycles.